The van der Waals surface area contributed by atoms with Crippen molar-refractivity contribution < 1.29 is 16.8 Å². The van der Waals surface area contributed by atoms with Gasteiger partial charge in [-0.25, -0.2) is 16.8 Å². The number of piperazine rings is 1. The van der Waals surface area contributed by atoms with Gasteiger partial charge in [0.05, 0.1) is 20.7 Å². The molecule has 1 aliphatic rings. The number of rotatable bonds is 6. The Morgan fingerprint density at radius 3 is 2.07 bits per heavy atom. The highest BCUT2D eigenvalue weighted by Crippen LogP contribution is 2.32. The monoisotopic (exact) mass is 451 g/mol. The largest absolute Gasteiger partial charge is 0.369 e. The van der Waals surface area contributed by atoms with E-state index >= 15 is 0 Å². The third-order valence-corrected chi connectivity index (χ3v) is 8.93. The number of aryl methyl sites for hydroxylation is 1. The zero-order valence-electron chi connectivity index (χ0n) is 17.8. The number of likely N-dealkylation sites (N-methyl/N-ethyl adjacent to an activating group) is 1. The second kappa shape index (κ2) is 8.56. The van der Waals surface area contributed by atoms with Crippen LogP contribution in [0.1, 0.15) is 19.4 Å². The average Bonchev–Trinajstić information content (AvgIpc) is 2.68. The minimum atomic E-state index is -3.94. The molecule has 1 fully saturated rings. The number of hydrogen-bond donors (Lipinski definition) is 1. The van der Waals surface area contributed by atoms with Gasteiger partial charge in [0.15, 0.2) is 9.84 Å². The fraction of sp³-hybridized carbons (Fsp3) is 0.429. The number of nitrogens with one attached hydrogen (secondary N) is 1. The first kappa shape index (κ1) is 22.6. The lowest BCUT2D eigenvalue weighted by atomic mass is 10.2. The van der Waals surface area contributed by atoms with Crippen molar-refractivity contribution in [2.24, 2.45) is 0 Å². The highest BCUT2D eigenvalue weighted by atomic mass is 32.2. The van der Waals surface area contributed by atoms with E-state index < -0.39 is 25.1 Å². The Hall–Kier alpha value is -2.10. The van der Waals surface area contributed by atoms with Gasteiger partial charge in [-0.1, -0.05) is 17.7 Å². The second-order valence-electron chi connectivity index (χ2n) is 7.98. The molecule has 0 atom stereocenters. The van der Waals surface area contributed by atoms with E-state index in [1.54, 1.807) is 38.1 Å². The van der Waals surface area contributed by atoms with Crippen molar-refractivity contribution in [2.45, 2.75) is 35.8 Å². The van der Waals surface area contributed by atoms with E-state index in [9.17, 15) is 16.8 Å². The number of nitrogens with zero attached hydrogens (tertiary/aromatic N) is 2. The highest BCUT2D eigenvalue weighted by molar-refractivity contribution is 7.93. The lowest BCUT2D eigenvalue weighted by molar-refractivity contribution is 0.313. The molecule has 164 valence electrons. The van der Waals surface area contributed by atoms with Gasteiger partial charge < -0.3 is 9.80 Å². The van der Waals surface area contributed by atoms with Crippen LogP contribution in [0.2, 0.25) is 0 Å². The maximum atomic E-state index is 13.0. The van der Waals surface area contributed by atoms with Crippen molar-refractivity contribution >= 4 is 31.2 Å². The van der Waals surface area contributed by atoms with E-state index in [-0.39, 0.29) is 15.5 Å². The first-order chi connectivity index (χ1) is 14.0. The molecule has 0 spiro atoms. The maximum absolute atomic E-state index is 13.0. The fourth-order valence-corrected chi connectivity index (χ4v) is 5.60. The maximum Gasteiger partial charge on any atom is 0.261 e. The molecule has 9 heteroatoms. The lowest BCUT2D eigenvalue weighted by Gasteiger charge is -2.34. The Bertz CT molecular complexity index is 1100. The number of sulfone groups is 1. The van der Waals surface area contributed by atoms with Crippen LogP contribution < -0.4 is 9.62 Å². The Balaban J connectivity index is 2.04. The standard InChI is InChI=1S/C21H29N3O4S2/c1-16(2)29(25,26)21-10-7-18(24-13-11-23(4)12-14-24)15-20(21)22-30(27,28)19-8-5-17(3)6-9-19/h5-10,15-16,22H,11-14H2,1-4H3. The summed E-state index contributed by atoms with van der Waals surface area (Å²) in [4.78, 5) is 4.43. The molecule has 0 unspecified atom stereocenters. The Morgan fingerprint density at radius 2 is 1.50 bits per heavy atom. The van der Waals surface area contributed by atoms with Crippen molar-refractivity contribution in [3.05, 3.63) is 48.0 Å². The summed E-state index contributed by atoms with van der Waals surface area (Å²) < 4.78 is 54.3. The van der Waals surface area contributed by atoms with Crippen molar-refractivity contribution in [3.8, 4) is 0 Å². The van der Waals surface area contributed by atoms with Gasteiger partial charge in [0.1, 0.15) is 0 Å². The van der Waals surface area contributed by atoms with Crippen LogP contribution in [0, 0.1) is 6.92 Å². The van der Waals surface area contributed by atoms with Gasteiger partial charge in [0.2, 0.25) is 0 Å². The average molecular weight is 452 g/mol. The molecule has 1 aliphatic heterocycles. The molecule has 0 bridgehead atoms. The minimum Gasteiger partial charge on any atom is -0.369 e. The molecule has 2 aromatic carbocycles. The summed E-state index contributed by atoms with van der Waals surface area (Å²) in [5.74, 6) is 0. The molecule has 7 nitrogen and oxygen atoms in total. The zero-order valence-corrected chi connectivity index (χ0v) is 19.4. The van der Waals surface area contributed by atoms with Crippen LogP contribution in [-0.2, 0) is 19.9 Å². The number of benzene rings is 2. The molecule has 1 heterocycles. The lowest BCUT2D eigenvalue weighted by Crippen LogP contribution is -2.44. The van der Waals surface area contributed by atoms with E-state index in [2.05, 4.69) is 21.6 Å². The number of sulfonamides is 1. The van der Waals surface area contributed by atoms with Crippen LogP contribution in [0.4, 0.5) is 11.4 Å². The van der Waals surface area contributed by atoms with E-state index in [0.29, 0.717) is 0 Å². The smallest absolute Gasteiger partial charge is 0.261 e. The SMILES string of the molecule is Cc1ccc(S(=O)(=O)Nc2cc(N3CCN(C)CC3)ccc2S(=O)(=O)C(C)C)cc1. The first-order valence-corrected chi connectivity index (χ1v) is 12.9. The van der Waals surface area contributed by atoms with Gasteiger partial charge in [-0.05, 0) is 58.2 Å². The predicted molar refractivity (Wildman–Crippen MR) is 120 cm³/mol. The molecule has 2 aromatic rings. The third kappa shape index (κ3) is 4.79. The Morgan fingerprint density at radius 1 is 0.900 bits per heavy atom. The number of hydrogen-bond acceptors (Lipinski definition) is 6. The van der Waals surface area contributed by atoms with Gasteiger partial charge in [-0.15, -0.1) is 0 Å². The molecule has 1 N–H and O–H groups in total. The predicted octanol–water partition coefficient (Wildman–Crippen LogP) is 2.73. The molecule has 0 radical (unpaired) electrons. The molecular weight excluding hydrogens is 422 g/mol. The van der Waals surface area contributed by atoms with Crippen LogP contribution in [0.25, 0.3) is 0 Å². The molecule has 30 heavy (non-hydrogen) atoms. The first-order valence-electron chi connectivity index (χ1n) is 9.91. The summed E-state index contributed by atoms with van der Waals surface area (Å²) in [5.41, 5.74) is 1.82. The van der Waals surface area contributed by atoms with Crippen LogP contribution >= 0.6 is 0 Å². The summed E-state index contributed by atoms with van der Waals surface area (Å²) in [7, 11) is -5.56. The quantitative estimate of drug-likeness (QED) is 0.727. The van der Waals surface area contributed by atoms with Crippen LogP contribution in [0.3, 0.4) is 0 Å². The van der Waals surface area contributed by atoms with Gasteiger partial charge in [-0.2, -0.15) is 0 Å². The van der Waals surface area contributed by atoms with Gasteiger partial charge in [0, 0.05) is 31.9 Å². The number of anilines is 2. The molecule has 1 saturated heterocycles. The van der Waals surface area contributed by atoms with Crippen molar-refractivity contribution in [1.82, 2.24) is 4.90 Å². The van der Waals surface area contributed by atoms with E-state index in [1.165, 1.54) is 18.2 Å². The van der Waals surface area contributed by atoms with Crippen LogP contribution in [-0.4, -0.2) is 60.2 Å². The topological polar surface area (TPSA) is 86.8 Å². The molecule has 0 amide bonds. The van der Waals surface area contributed by atoms with Crippen molar-refractivity contribution in [3.63, 3.8) is 0 Å². The summed E-state index contributed by atoms with van der Waals surface area (Å²) in [6.45, 7) is 8.39. The van der Waals surface area contributed by atoms with E-state index in [1.807, 2.05) is 6.92 Å². The Kier molecular flexibility index (Phi) is 6.45. The normalized spacial score (nSPS) is 16.1. The Labute approximate surface area is 179 Å². The molecular formula is C21H29N3O4S2. The molecule has 0 saturated carbocycles. The van der Waals surface area contributed by atoms with E-state index in [0.717, 1.165) is 37.4 Å². The van der Waals surface area contributed by atoms with Crippen molar-refractivity contribution in [2.75, 3.05) is 42.8 Å². The van der Waals surface area contributed by atoms with Gasteiger partial charge >= 0.3 is 0 Å². The summed E-state index contributed by atoms with van der Waals surface area (Å²) in [6.07, 6.45) is 0. The second-order valence-corrected chi connectivity index (χ2v) is 12.1. The van der Waals surface area contributed by atoms with E-state index in [4.69, 9.17) is 0 Å². The van der Waals surface area contributed by atoms with Crippen LogP contribution in [0.5, 0.6) is 0 Å². The molecule has 3 rings (SSSR count). The molecule has 0 aliphatic carbocycles. The van der Waals surface area contributed by atoms with Crippen molar-refractivity contribution in [1.29, 1.82) is 0 Å². The summed E-state index contributed by atoms with van der Waals surface area (Å²) >= 11 is 0. The molecule has 0 aromatic heterocycles. The third-order valence-electron chi connectivity index (χ3n) is 5.33. The summed E-state index contributed by atoms with van der Waals surface area (Å²) in [6, 6.07) is 11.3. The summed E-state index contributed by atoms with van der Waals surface area (Å²) in [5, 5.41) is -0.672. The highest BCUT2D eigenvalue weighted by Gasteiger charge is 2.27. The fourth-order valence-electron chi connectivity index (χ4n) is 3.28. The van der Waals surface area contributed by atoms with Crippen LogP contribution in [0.15, 0.2) is 52.3 Å². The minimum absolute atomic E-state index is 0.00827. The van der Waals surface area contributed by atoms with Gasteiger partial charge in [0.25, 0.3) is 10.0 Å². The zero-order chi connectivity index (χ0) is 22.1. The van der Waals surface area contributed by atoms with Gasteiger partial charge in [-0.3, -0.25) is 4.72 Å².